The van der Waals surface area contributed by atoms with Crippen LogP contribution in [-0.2, 0) is 22.6 Å². The van der Waals surface area contributed by atoms with Gasteiger partial charge in [0.2, 0.25) is 0 Å². The van der Waals surface area contributed by atoms with E-state index in [1.807, 2.05) is 133 Å². The summed E-state index contributed by atoms with van der Waals surface area (Å²) in [5.41, 5.74) is 10.2. The van der Waals surface area contributed by atoms with Crippen LogP contribution >= 0.6 is 11.8 Å². The fourth-order valence-electron chi connectivity index (χ4n) is 7.44. The zero-order chi connectivity index (χ0) is 40.8. The maximum atomic E-state index is 13.0. The first-order valence-corrected chi connectivity index (χ1v) is 20.9. The van der Waals surface area contributed by atoms with E-state index < -0.39 is 6.29 Å². The van der Waals surface area contributed by atoms with Crippen molar-refractivity contribution in [3.63, 3.8) is 0 Å². The predicted octanol–water partition coefficient (Wildman–Crippen LogP) is 10.6. The number of nitrogens with zero attached hydrogens (tertiary/aromatic N) is 3. The van der Waals surface area contributed by atoms with Gasteiger partial charge in [-0.2, -0.15) is 0 Å². The number of hydrogen-bond donors (Lipinski definition) is 2. The molecule has 0 radical (unpaired) electrons. The molecule has 3 heterocycles. The Hall–Kier alpha value is -6.43. The smallest absolute Gasteiger partial charge is 0.271 e. The Morgan fingerprint density at radius 2 is 1.37 bits per heavy atom. The van der Waals surface area contributed by atoms with Crippen molar-refractivity contribution in [2.45, 2.75) is 43.8 Å². The van der Waals surface area contributed by atoms with Crippen molar-refractivity contribution in [1.82, 2.24) is 20.3 Å². The molecule has 1 amide bonds. The van der Waals surface area contributed by atoms with E-state index in [1.165, 1.54) is 18.0 Å². The number of rotatable bonds is 12. The normalized spacial score (nSPS) is 17.7. The van der Waals surface area contributed by atoms with Gasteiger partial charge in [0.25, 0.3) is 11.1 Å². The summed E-state index contributed by atoms with van der Waals surface area (Å²) >= 11 is 1.54. The van der Waals surface area contributed by atoms with Crippen LogP contribution in [0.1, 0.15) is 52.1 Å². The van der Waals surface area contributed by atoms with Crippen LogP contribution in [-0.4, -0.2) is 37.8 Å². The minimum atomic E-state index is -0.632. The number of aromatic nitrogens is 3. The van der Waals surface area contributed by atoms with E-state index in [9.17, 15) is 9.90 Å². The van der Waals surface area contributed by atoms with E-state index in [4.69, 9.17) is 18.9 Å². The van der Waals surface area contributed by atoms with Crippen molar-refractivity contribution < 1.29 is 23.8 Å². The maximum absolute atomic E-state index is 13.0. The number of para-hydroxylation sites is 2. The molecule has 1 fully saturated rings. The summed E-state index contributed by atoms with van der Waals surface area (Å²) in [6, 6.07) is 51.9. The number of carbonyl (C=O) groups excluding carboxylic acids is 1. The molecule has 9 rings (SSSR count). The molecule has 9 nitrogen and oxygen atoms in total. The first-order chi connectivity index (χ1) is 29.5. The number of aliphatic hydroxyl groups is 1. The van der Waals surface area contributed by atoms with Gasteiger partial charge in [0, 0.05) is 34.9 Å². The van der Waals surface area contributed by atoms with Crippen LogP contribution in [0.5, 0.6) is 0 Å². The van der Waals surface area contributed by atoms with Crippen molar-refractivity contribution in [2.75, 3.05) is 5.75 Å². The summed E-state index contributed by atoms with van der Waals surface area (Å²) in [6.45, 7) is 2.47. The van der Waals surface area contributed by atoms with Crippen molar-refractivity contribution in [1.29, 1.82) is 0 Å². The Morgan fingerprint density at radius 3 is 2.12 bits per heavy atom. The minimum Gasteiger partial charge on any atom is -0.431 e. The molecular formula is C50H42N4O5S. The van der Waals surface area contributed by atoms with Gasteiger partial charge in [-0.3, -0.25) is 9.78 Å². The summed E-state index contributed by atoms with van der Waals surface area (Å²) in [6.07, 6.45) is 0.396. The zero-order valence-corrected chi connectivity index (χ0v) is 33.7. The summed E-state index contributed by atoms with van der Waals surface area (Å²) in [4.78, 5) is 26.8. The second kappa shape index (κ2) is 17.8. The average Bonchev–Trinajstić information content (AvgIpc) is 3.75. The van der Waals surface area contributed by atoms with Crippen molar-refractivity contribution in [3.05, 3.63) is 192 Å². The third kappa shape index (κ3) is 8.64. The molecule has 0 saturated carbocycles. The summed E-state index contributed by atoms with van der Waals surface area (Å²) in [7, 11) is 0. The molecule has 1 aliphatic rings. The summed E-state index contributed by atoms with van der Waals surface area (Å²) in [5, 5.41) is 13.3. The lowest BCUT2D eigenvalue weighted by Gasteiger charge is -2.41. The highest BCUT2D eigenvalue weighted by molar-refractivity contribution is 7.99. The monoisotopic (exact) mass is 810 g/mol. The lowest BCUT2D eigenvalue weighted by Crippen LogP contribution is -2.38. The van der Waals surface area contributed by atoms with E-state index in [0.717, 1.165) is 61.5 Å². The Morgan fingerprint density at radius 1 is 0.683 bits per heavy atom. The van der Waals surface area contributed by atoms with Gasteiger partial charge in [0.1, 0.15) is 11.4 Å². The Balaban J connectivity index is 0.925. The SMILES string of the molecule is C[C@H]1[C@@H](CSc2nc(-c3ccccc3)c(-c3ccccc3)o2)O[C@@H](c2ccc(-c3cccc(CNC(=O)c4cnc5ccccc5n4)c3)cc2)O[C@H]1c1ccc(CO)cc1. The molecule has 298 valence electrons. The molecule has 2 N–H and O–H groups in total. The van der Waals surface area contributed by atoms with E-state index in [2.05, 4.69) is 46.5 Å². The van der Waals surface area contributed by atoms with E-state index >= 15 is 0 Å². The Bertz CT molecular complexity index is 2650. The van der Waals surface area contributed by atoms with Crippen LogP contribution in [0.25, 0.3) is 44.7 Å². The standard InChI is InChI=1S/C50H42N4O5S/c1-32-44(31-60-50-54-45(36-12-4-2-5-13-36)47(59-50)37-14-6-3-7-15-37)57-49(58-46(32)38-21-19-33(30-55)20-22-38)39-25-23-35(24-26-39)40-16-10-11-34(27-40)28-52-48(56)43-29-51-41-17-8-9-18-42(41)53-43/h2-27,29,32,44,46,49,55H,28,30-31H2,1H3,(H,52,56)/t32-,44+,46+,49+/m0/s1. The van der Waals surface area contributed by atoms with Crippen LogP contribution in [0.2, 0.25) is 0 Å². The molecule has 10 heteroatoms. The topological polar surface area (TPSA) is 120 Å². The number of hydrogen-bond acceptors (Lipinski definition) is 9. The lowest BCUT2D eigenvalue weighted by molar-refractivity contribution is -0.268. The van der Waals surface area contributed by atoms with Gasteiger partial charge in [-0.1, -0.05) is 158 Å². The van der Waals surface area contributed by atoms with Crippen LogP contribution in [0.15, 0.2) is 174 Å². The molecular weight excluding hydrogens is 769 g/mol. The molecule has 4 atom stereocenters. The fraction of sp³-hybridized carbons (Fsp3) is 0.160. The fourth-order valence-corrected chi connectivity index (χ4v) is 8.42. The van der Waals surface area contributed by atoms with Gasteiger partial charge >= 0.3 is 0 Å². The third-order valence-electron chi connectivity index (χ3n) is 10.8. The second-order valence-corrected chi connectivity index (χ2v) is 15.7. The highest BCUT2D eigenvalue weighted by Crippen LogP contribution is 2.44. The van der Waals surface area contributed by atoms with Gasteiger partial charge in [-0.05, 0) is 46.0 Å². The Kier molecular flexibility index (Phi) is 11.6. The maximum Gasteiger partial charge on any atom is 0.271 e. The first-order valence-electron chi connectivity index (χ1n) is 19.9. The predicted molar refractivity (Wildman–Crippen MR) is 234 cm³/mol. The van der Waals surface area contributed by atoms with E-state index in [1.54, 1.807) is 0 Å². The van der Waals surface area contributed by atoms with Crippen LogP contribution in [0.3, 0.4) is 0 Å². The number of fused-ring (bicyclic) bond motifs is 1. The average molecular weight is 811 g/mol. The molecule has 60 heavy (non-hydrogen) atoms. The van der Waals surface area contributed by atoms with E-state index in [-0.39, 0.29) is 36.3 Å². The number of thioether (sulfide) groups is 1. The number of nitrogens with one attached hydrogen (secondary N) is 1. The van der Waals surface area contributed by atoms with Crippen molar-refractivity contribution in [2.24, 2.45) is 5.92 Å². The largest absolute Gasteiger partial charge is 0.431 e. The highest BCUT2D eigenvalue weighted by atomic mass is 32.2. The van der Waals surface area contributed by atoms with Crippen molar-refractivity contribution >= 4 is 28.7 Å². The lowest BCUT2D eigenvalue weighted by atomic mass is 9.91. The van der Waals surface area contributed by atoms with Gasteiger partial charge in [-0.15, -0.1) is 0 Å². The minimum absolute atomic E-state index is 0.0124. The first kappa shape index (κ1) is 39.1. The molecule has 1 saturated heterocycles. The number of carbonyl (C=O) groups is 1. The molecule has 0 spiro atoms. The summed E-state index contributed by atoms with van der Waals surface area (Å²) < 4.78 is 20.0. The van der Waals surface area contributed by atoms with Crippen LogP contribution < -0.4 is 5.32 Å². The molecule has 1 aliphatic heterocycles. The molecule has 6 aromatic carbocycles. The molecule has 0 bridgehead atoms. The zero-order valence-electron chi connectivity index (χ0n) is 32.8. The van der Waals surface area contributed by atoms with Crippen LogP contribution in [0.4, 0.5) is 0 Å². The van der Waals surface area contributed by atoms with Gasteiger partial charge in [0.05, 0.1) is 36.0 Å². The van der Waals surface area contributed by atoms with Gasteiger partial charge in [-0.25, -0.2) is 9.97 Å². The molecule has 8 aromatic rings. The number of amides is 1. The van der Waals surface area contributed by atoms with Gasteiger partial charge < -0.3 is 24.3 Å². The molecule has 2 aromatic heterocycles. The number of ether oxygens (including phenoxy) is 2. The number of oxazole rings is 1. The molecule has 0 aliphatic carbocycles. The molecule has 0 unspecified atom stereocenters. The third-order valence-corrected chi connectivity index (χ3v) is 11.7. The van der Waals surface area contributed by atoms with Crippen LogP contribution in [0, 0.1) is 5.92 Å². The Labute approximate surface area is 352 Å². The van der Waals surface area contributed by atoms with E-state index in [0.29, 0.717) is 23.0 Å². The van der Waals surface area contributed by atoms with Gasteiger partial charge in [0.15, 0.2) is 12.1 Å². The summed E-state index contributed by atoms with van der Waals surface area (Å²) in [5.74, 6) is 1.03. The van der Waals surface area contributed by atoms with Crippen molar-refractivity contribution in [3.8, 4) is 33.7 Å². The number of aliphatic hydroxyl groups excluding tert-OH is 1. The highest BCUT2D eigenvalue weighted by Gasteiger charge is 2.39. The number of benzene rings is 6. The quantitative estimate of drug-likeness (QED) is 0.116. The second-order valence-electron chi connectivity index (χ2n) is 14.8.